The minimum absolute atomic E-state index is 0.114. The molecule has 1 atom stereocenters. The number of fused-ring (bicyclic) bond motifs is 1. The van der Waals surface area contributed by atoms with Crippen LogP contribution in [0.3, 0.4) is 0 Å². The standard InChI is InChI=1S/C14H14N6/c1-10(8-19-6-5-17-9-19)20-12-4-2-3-11(7-15)13(12)18-14(20)16/h2-6,9-10H,8H2,1H3,(H2,16,18). The molecule has 0 spiro atoms. The van der Waals surface area contributed by atoms with Gasteiger partial charge in [-0.3, -0.25) is 0 Å². The number of hydrogen-bond acceptors (Lipinski definition) is 4. The van der Waals surface area contributed by atoms with Gasteiger partial charge >= 0.3 is 0 Å². The second-order valence-corrected chi connectivity index (χ2v) is 4.73. The quantitative estimate of drug-likeness (QED) is 0.785. The van der Waals surface area contributed by atoms with E-state index in [0.29, 0.717) is 17.0 Å². The van der Waals surface area contributed by atoms with Gasteiger partial charge < -0.3 is 14.9 Å². The van der Waals surface area contributed by atoms with Crippen LogP contribution in [-0.2, 0) is 6.54 Å². The minimum Gasteiger partial charge on any atom is -0.369 e. The van der Waals surface area contributed by atoms with E-state index in [9.17, 15) is 0 Å². The van der Waals surface area contributed by atoms with Gasteiger partial charge in [0.1, 0.15) is 11.6 Å². The molecule has 0 aliphatic rings. The first-order valence-electron chi connectivity index (χ1n) is 6.33. The molecule has 3 rings (SSSR count). The molecule has 1 aromatic carbocycles. The Morgan fingerprint density at radius 2 is 2.30 bits per heavy atom. The number of nitriles is 1. The Morgan fingerprint density at radius 3 is 3.00 bits per heavy atom. The lowest BCUT2D eigenvalue weighted by Crippen LogP contribution is -2.14. The summed E-state index contributed by atoms with van der Waals surface area (Å²) >= 11 is 0. The SMILES string of the molecule is CC(Cn1ccnc1)n1c(N)nc2c(C#N)cccc21. The van der Waals surface area contributed by atoms with Gasteiger partial charge in [0, 0.05) is 18.9 Å². The van der Waals surface area contributed by atoms with E-state index in [-0.39, 0.29) is 6.04 Å². The molecule has 1 unspecified atom stereocenters. The normalized spacial score (nSPS) is 12.4. The Bertz CT molecular complexity index is 778. The number of aromatic nitrogens is 4. The molecule has 0 saturated carbocycles. The summed E-state index contributed by atoms with van der Waals surface area (Å²) in [5.41, 5.74) is 8.11. The summed E-state index contributed by atoms with van der Waals surface area (Å²) in [7, 11) is 0. The molecule has 0 bridgehead atoms. The highest BCUT2D eigenvalue weighted by atomic mass is 15.2. The molecular weight excluding hydrogens is 252 g/mol. The summed E-state index contributed by atoms with van der Waals surface area (Å²) in [5, 5.41) is 9.13. The minimum atomic E-state index is 0.114. The summed E-state index contributed by atoms with van der Waals surface area (Å²) in [6.07, 6.45) is 5.43. The zero-order valence-corrected chi connectivity index (χ0v) is 11.1. The highest BCUT2D eigenvalue weighted by Crippen LogP contribution is 2.25. The molecule has 2 N–H and O–H groups in total. The lowest BCUT2D eigenvalue weighted by atomic mass is 10.2. The second-order valence-electron chi connectivity index (χ2n) is 4.73. The van der Waals surface area contributed by atoms with Crippen molar-refractivity contribution in [3.63, 3.8) is 0 Å². The van der Waals surface area contributed by atoms with Gasteiger partial charge in [-0.05, 0) is 19.1 Å². The fraction of sp³-hybridized carbons (Fsp3) is 0.214. The molecule has 0 fully saturated rings. The number of hydrogen-bond donors (Lipinski definition) is 1. The average Bonchev–Trinajstić information content (AvgIpc) is 3.04. The van der Waals surface area contributed by atoms with Crippen molar-refractivity contribution in [3.8, 4) is 6.07 Å². The average molecular weight is 266 g/mol. The third-order valence-electron chi connectivity index (χ3n) is 3.34. The molecule has 3 aromatic rings. The Hall–Kier alpha value is -2.81. The van der Waals surface area contributed by atoms with Crippen LogP contribution in [0.4, 0.5) is 5.95 Å². The third kappa shape index (κ3) is 1.89. The highest BCUT2D eigenvalue weighted by Gasteiger charge is 2.16. The zero-order valence-electron chi connectivity index (χ0n) is 11.1. The first kappa shape index (κ1) is 12.2. The van der Waals surface area contributed by atoms with Gasteiger partial charge in [-0.2, -0.15) is 5.26 Å². The molecular formula is C14H14N6. The van der Waals surface area contributed by atoms with Crippen LogP contribution in [0.15, 0.2) is 36.9 Å². The van der Waals surface area contributed by atoms with Gasteiger partial charge in [-0.15, -0.1) is 0 Å². The van der Waals surface area contributed by atoms with Gasteiger partial charge in [0.25, 0.3) is 0 Å². The van der Waals surface area contributed by atoms with Crippen molar-refractivity contribution in [1.82, 2.24) is 19.1 Å². The van der Waals surface area contributed by atoms with Crippen LogP contribution >= 0.6 is 0 Å². The van der Waals surface area contributed by atoms with Crippen LogP contribution in [0.2, 0.25) is 0 Å². The van der Waals surface area contributed by atoms with Crippen LogP contribution in [-0.4, -0.2) is 19.1 Å². The lowest BCUT2D eigenvalue weighted by molar-refractivity contribution is 0.479. The molecule has 2 aromatic heterocycles. The summed E-state index contributed by atoms with van der Waals surface area (Å²) < 4.78 is 3.94. The Labute approximate surface area is 116 Å². The summed E-state index contributed by atoms with van der Waals surface area (Å²) in [4.78, 5) is 8.36. The molecule has 0 radical (unpaired) electrons. The van der Waals surface area contributed by atoms with E-state index < -0.39 is 0 Å². The topological polar surface area (TPSA) is 85.4 Å². The van der Waals surface area contributed by atoms with E-state index in [4.69, 9.17) is 11.0 Å². The molecule has 0 saturated heterocycles. The van der Waals surface area contributed by atoms with Crippen molar-refractivity contribution >= 4 is 17.0 Å². The molecule has 6 heteroatoms. The summed E-state index contributed by atoms with van der Waals surface area (Å²) in [5.74, 6) is 0.426. The van der Waals surface area contributed by atoms with Crippen molar-refractivity contribution in [2.75, 3.05) is 5.73 Å². The van der Waals surface area contributed by atoms with Gasteiger partial charge in [-0.25, -0.2) is 9.97 Å². The number of rotatable bonds is 3. The van der Waals surface area contributed by atoms with Gasteiger partial charge in [0.2, 0.25) is 5.95 Å². The lowest BCUT2D eigenvalue weighted by Gasteiger charge is -2.16. The third-order valence-corrected chi connectivity index (χ3v) is 3.34. The summed E-state index contributed by atoms with van der Waals surface area (Å²) in [6.45, 7) is 2.81. The van der Waals surface area contributed by atoms with E-state index >= 15 is 0 Å². The number of nitrogens with two attached hydrogens (primary N) is 1. The molecule has 20 heavy (non-hydrogen) atoms. The number of nitrogens with zero attached hydrogens (tertiary/aromatic N) is 5. The van der Waals surface area contributed by atoms with E-state index in [2.05, 4.69) is 23.0 Å². The predicted molar refractivity (Wildman–Crippen MR) is 75.8 cm³/mol. The monoisotopic (exact) mass is 266 g/mol. The molecule has 0 aliphatic carbocycles. The smallest absolute Gasteiger partial charge is 0.201 e. The molecule has 6 nitrogen and oxygen atoms in total. The van der Waals surface area contributed by atoms with E-state index in [1.54, 1.807) is 18.6 Å². The Morgan fingerprint density at radius 1 is 1.45 bits per heavy atom. The van der Waals surface area contributed by atoms with Crippen LogP contribution in [0.5, 0.6) is 0 Å². The second kappa shape index (κ2) is 4.70. The van der Waals surface area contributed by atoms with Crippen molar-refractivity contribution in [1.29, 1.82) is 5.26 Å². The zero-order chi connectivity index (χ0) is 14.1. The maximum Gasteiger partial charge on any atom is 0.201 e. The largest absolute Gasteiger partial charge is 0.369 e. The molecule has 0 amide bonds. The van der Waals surface area contributed by atoms with Crippen LogP contribution < -0.4 is 5.73 Å². The van der Waals surface area contributed by atoms with Gasteiger partial charge in [-0.1, -0.05) is 6.07 Å². The van der Waals surface area contributed by atoms with E-state index in [1.165, 1.54) is 0 Å². The van der Waals surface area contributed by atoms with Gasteiger partial charge in [0.05, 0.1) is 23.4 Å². The first-order valence-corrected chi connectivity index (χ1v) is 6.33. The predicted octanol–water partition coefficient (Wildman–Crippen LogP) is 1.95. The first-order chi connectivity index (χ1) is 9.70. The van der Waals surface area contributed by atoms with Crippen LogP contribution in [0, 0.1) is 11.3 Å². The fourth-order valence-corrected chi connectivity index (χ4v) is 2.47. The van der Waals surface area contributed by atoms with E-state index in [0.717, 1.165) is 12.1 Å². The number of benzene rings is 1. The van der Waals surface area contributed by atoms with Crippen LogP contribution in [0.1, 0.15) is 18.5 Å². The number of nitrogen functional groups attached to an aromatic ring is 1. The number of imidazole rings is 2. The highest BCUT2D eigenvalue weighted by molar-refractivity contribution is 5.84. The Balaban J connectivity index is 2.07. The maximum absolute atomic E-state index is 9.13. The molecule has 2 heterocycles. The van der Waals surface area contributed by atoms with Gasteiger partial charge in [0.15, 0.2) is 0 Å². The van der Waals surface area contributed by atoms with E-state index in [1.807, 2.05) is 27.5 Å². The fourth-order valence-electron chi connectivity index (χ4n) is 2.47. The van der Waals surface area contributed by atoms with Crippen molar-refractivity contribution in [2.45, 2.75) is 19.5 Å². The van der Waals surface area contributed by atoms with Crippen molar-refractivity contribution < 1.29 is 0 Å². The van der Waals surface area contributed by atoms with Crippen LogP contribution in [0.25, 0.3) is 11.0 Å². The number of anilines is 1. The Kier molecular flexibility index (Phi) is 2.88. The molecule has 100 valence electrons. The number of para-hydroxylation sites is 1. The van der Waals surface area contributed by atoms with Crippen molar-refractivity contribution in [2.24, 2.45) is 0 Å². The maximum atomic E-state index is 9.13. The molecule has 0 aliphatic heterocycles. The van der Waals surface area contributed by atoms with Crippen molar-refractivity contribution in [3.05, 3.63) is 42.5 Å². The summed E-state index contributed by atoms with van der Waals surface area (Å²) in [6, 6.07) is 7.80.